The Labute approximate surface area is 128 Å². The SMILES string of the molecule is CCc1cc(CC(NC)c2cccc(C)c2C)n(CC)n1. The van der Waals surface area contributed by atoms with Gasteiger partial charge in [-0.3, -0.25) is 4.68 Å². The van der Waals surface area contributed by atoms with E-state index < -0.39 is 0 Å². The molecule has 0 saturated carbocycles. The van der Waals surface area contributed by atoms with E-state index in [0.29, 0.717) is 6.04 Å². The molecule has 2 rings (SSSR count). The molecule has 1 N–H and O–H groups in total. The number of hydrogen-bond donors (Lipinski definition) is 1. The molecular formula is C18H27N3. The van der Waals surface area contributed by atoms with Crippen LogP contribution in [0.5, 0.6) is 0 Å². The van der Waals surface area contributed by atoms with E-state index in [1.807, 2.05) is 7.05 Å². The number of hydrogen-bond acceptors (Lipinski definition) is 2. The maximum atomic E-state index is 4.66. The van der Waals surface area contributed by atoms with E-state index in [2.05, 4.69) is 67.1 Å². The molecule has 1 heterocycles. The van der Waals surface area contributed by atoms with Crippen molar-refractivity contribution in [3.63, 3.8) is 0 Å². The van der Waals surface area contributed by atoms with E-state index in [4.69, 9.17) is 0 Å². The van der Waals surface area contributed by atoms with E-state index >= 15 is 0 Å². The first-order valence-corrected chi connectivity index (χ1v) is 7.89. The molecule has 0 aliphatic carbocycles. The van der Waals surface area contributed by atoms with Gasteiger partial charge in [0.25, 0.3) is 0 Å². The van der Waals surface area contributed by atoms with Crippen LogP contribution in [0.1, 0.15) is 48.0 Å². The zero-order chi connectivity index (χ0) is 15.4. The highest BCUT2D eigenvalue weighted by Gasteiger charge is 2.16. The first kappa shape index (κ1) is 15.8. The van der Waals surface area contributed by atoms with Crippen molar-refractivity contribution >= 4 is 0 Å². The Balaban J connectivity index is 2.31. The minimum Gasteiger partial charge on any atom is -0.313 e. The zero-order valence-electron chi connectivity index (χ0n) is 13.9. The number of likely N-dealkylation sites (N-methyl/N-ethyl adjacent to an activating group) is 1. The summed E-state index contributed by atoms with van der Waals surface area (Å²) in [7, 11) is 2.04. The molecule has 1 aromatic heterocycles. The monoisotopic (exact) mass is 285 g/mol. The van der Waals surface area contributed by atoms with Crippen LogP contribution in [0.3, 0.4) is 0 Å². The van der Waals surface area contributed by atoms with Gasteiger partial charge in [0.1, 0.15) is 0 Å². The average Bonchev–Trinajstić information content (AvgIpc) is 2.90. The fourth-order valence-electron chi connectivity index (χ4n) is 2.85. The Morgan fingerprint density at radius 3 is 2.62 bits per heavy atom. The molecule has 0 saturated heterocycles. The molecule has 0 bridgehead atoms. The van der Waals surface area contributed by atoms with E-state index in [1.165, 1.54) is 28.1 Å². The second-order valence-electron chi connectivity index (χ2n) is 5.63. The summed E-state index contributed by atoms with van der Waals surface area (Å²) in [5.41, 5.74) is 6.62. The van der Waals surface area contributed by atoms with Crippen LogP contribution in [0.15, 0.2) is 24.3 Å². The minimum atomic E-state index is 0.330. The highest BCUT2D eigenvalue weighted by atomic mass is 15.3. The molecule has 21 heavy (non-hydrogen) atoms. The molecule has 1 aromatic carbocycles. The van der Waals surface area contributed by atoms with Crippen LogP contribution in [-0.2, 0) is 19.4 Å². The number of rotatable bonds is 6. The van der Waals surface area contributed by atoms with Crippen molar-refractivity contribution < 1.29 is 0 Å². The topological polar surface area (TPSA) is 29.9 Å². The molecule has 0 radical (unpaired) electrons. The lowest BCUT2D eigenvalue weighted by atomic mass is 9.94. The van der Waals surface area contributed by atoms with Gasteiger partial charge < -0.3 is 5.32 Å². The maximum absolute atomic E-state index is 4.66. The molecule has 3 nitrogen and oxygen atoms in total. The highest BCUT2D eigenvalue weighted by molar-refractivity contribution is 5.36. The lowest BCUT2D eigenvalue weighted by Gasteiger charge is -2.20. The molecule has 0 spiro atoms. The Morgan fingerprint density at radius 2 is 2.00 bits per heavy atom. The predicted molar refractivity (Wildman–Crippen MR) is 88.7 cm³/mol. The van der Waals surface area contributed by atoms with E-state index in [-0.39, 0.29) is 0 Å². The lowest BCUT2D eigenvalue weighted by molar-refractivity contribution is 0.538. The van der Waals surface area contributed by atoms with E-state index in [0.717, 1.165) is 19.4 Å². The fourth-order valence-corrected chi connectivity index (χ4v) is 2.85. The highest BCUT2D eigenvalue weighted by Crippen LogP contribution is 2.24. The van der Waals surface area contributed by atoms with Crippen molar-refractivity contribution in [2.75, 3.05) is 7.05 Å². The van der Waals surface area contributed by atoms with Crippen LogP contribution in [0.4, 0.5) is 0 Å². The number of aromatic nitrogens is 2. The third-order valence-corrected chi connectivity index (χ3v) is 4.36. The average molecular weight is 285 g/mol. The minimum absolute atomic E-state index is 0.330. The summed E-state index contributed by atoms with van der Waals surface area (Å²) in [6.07, 6.45) is 1.97. The second-order valence-corrected chi connectivity index (χ2v) is 5.63. The molecule has 1 unspecified atom stereocenters. The van der Waals surface area contributed by atoms with Crippen molar-refractivity contribution in [2.45, 2.75) is 53.1 Å². The maximum Gasteiger partial charge on any atom is 0.0624 e. The number of benzene rings is 1. The van der Waals surface area contributed by atoms with Gasteiger partial charge in [0, 0.05) is 24.7 Å². The van der Waals surface area contributed by atoms with Gasteiger partial charge in [-0.1, -0.05) is 25.1 Å². The first-order chi connectivity index (χ1) is 10.1. The van der Waals surface area contributed by atoms with Crippen molar-refractivity contribution in [2.24, 2.45) is 0 Å². The fraction of sp³-hybridized carbons (Fsp3) is 0.500. The van der Waals surface area contributed by atoms with Gasteiger partial charge in [-0.2, -0.15) is 5.10 Å². The van der Waals surface area contributed by atoms with Crippen molar-refractivity contribution in [3.05, 3.63) is 52.3 Å². The largest absolute Gasteiger partial charge is 0.313 e. The standard InChI is InChI=1S/C18H27N3/c1-6-15-11-16(21(7-2)20-15)12-18(19-5)17-10-8-9-13(3)14(17)4/h8-11,18-19H,6-7,12H2,1-5H3. The molecule has 0 fully saturated rings. The van der Waals surface area contributed by atoms with Crippen molar-refractivity contribution in [3.8, 4) is 0 Å². The number of aryl methyl sites for hydroxylation is 3. The van der Waals surface area contributed by atoms with Crippen molar-refractivity contribution in [1.29, 1.82) is 0 Å². The zero-order valence-corrected chi connectivity index (χ0v) is 13.9. The van der Waals surface area contributed by atoms with Crippen LogP contribution in [0.2, 0.25) is 0 Å². The first-order valence-electron chi connectivity index (χ1n) is 7.89. The summed E-state index contributed by atoms with van der Waals surface area (Å²) < 4.78 is 2.13. The number of nitrogens with one attached hydrogen (secondary N) is 1. The molecule has 114 valence electrons. The Morgan fingerprint density at radius 1 is 1.24 bits per heavy atom. The Kier molecular flexibility index (Phi) is 5.18. The lowest BCUT2D eigenvalue weighted by Crippen LogP contribution is -2.21. The third-order valence-electron chi connectivity index (χ3n) is 4.36. The summed E-state index contributed by atoms with van der Waals surface area (Å²) in [6.45, 7) is 9.63. The number of nitrogens with zero attached hydrogens (tertiary/aromatic N) is 2. The smallest absolute Gasteiger partial charge is 0.0624 e. The molecule has 1 atom stereocenters. The molecule has 0 amide bonds. The van der Waals surface area contributed by atoms with Crippen molar-refractivity contribution in [1.82, 2.24) is 15.1 Å². The van der Waals surface area contributed by atoms with Crippen LogP contribution < -0.4 is 5.32 Å². The Hall–Kier alpha value is -1.61. The van der Waals surface area contributed by atoms with Gasteiger partial charge in [0.2, 0.25) is 0 Å². The third kappa shape index (κ3) is 3.35. The summed E-state index contributed by atoms with van der Waals surface area (Å²) in [5.74, 6) is 0. The molecular weight excluding hydrogens is 258 g/mol. The van der Waals surface area contributed by atoms with Gasteiger partial charge in [-0.05, 0) is 57.0 Å². The van der Waals surface area contributed by atoms with Crippen LogP contribution in [0.25, 0.3) is 0 Å². The molecule has 0 aliphatic heterocycles. The van der Waals surface area contributed by atoms with Gasteiger partial charge >= 0.3 is 0 Å². The van der Waals surface area contributed by atoms with E-state index in [1.54, 1.807) is 0 Å². The van der Waals surface area contributed by atoms with Gasteiger partial charge in [0.15, 0.2) is 0 Å². The summed E-state index contributed by atoms with van der Waals surface area (Å²) in [5, 5.41) is 8.13. The summed E-state index contributed by atoms with van der Waals surface area (Å²) in [6, 6.07) is 9.14. The normalized spacial score (nSPS) is 12.6. The van der Waals surface area contributed by atoms with Gasteiger partial charge in [0.05, 0.1) is 5.69 Å². The Bertz CT molecular complexity index is 599. The van der Waals surface area contributed by atoms with E-state index in [9.17, 15) is 0 Å². The molecule has 2 aromatic rings. The van der Waals surface area contributed by atoms with Gasteiger partial charge in [-0.25, -0.2) is 0 Å². The quantitative estimate of drug-likeness (QED) is 0.879. The van der Waals surface area contributed by atoms with Gasteiger partial charge in [-0.15, -0.1) is 0 Å². The van der Waals surface area contributed by atoms with Crippen LogP contribution >= 0.6 is 0 Å². The predicted octanol–water partition coefficient (Wildman–Crippen LogP) is 3.59. The molecule has 3 heteroatoms. The summed E-state index contributed by atoms with van der Waals surface area (Å²) >= 11 is 0. The van der Waals surface area contributed by atoms with Crippen LogP contribution in [-0.4, -0.2) is 16.8 Å². The summed E-state index contributed by atoms with van der Waals surface area (Å²) in [4.78, 5) is 0. The van der Waals surface area contributed by atoms with Crippen LogP contribution in [0, 0.1) is 13.8 Å². The second kappa shape index (κ2) is 6.90. The molecule has 0 aliphatic rings.